The third-order valence-electron chi connectivity index (χ3n) is 2.85. The Morgan fingerprint density at radius 2 is 1.43 bits per heavy atom. The predicted molar refractivity (Wildman–Crippen MR) is 76.2 cm³/mol. The fraction of sp³-hybridized carbons (Fsp3) is 0.462. The van der Waals surface area contributed by atoms with E-state index in [0.29, 0.717) is 13.1 Å². The van der Waals surface area contributed by atoms with Gasteiger partial charge in [-0.1, -0.05) is 13.8 Å². The van der Waals surface area contributed by atoms with Gasteiger partial charge in [-0.3, -0.25) is 25.0 Å². The van der Waals surface area contributed by atoms with Crippen LogP contribution in [0.3, 0.4) is 0 Å². The third kappa shape index (κ3) is 4.23. The number of non-ortho nitro benzene ring substituents is 2. The van der Waals surface area contributed by atoms with Gasteiger partial charge in [0.15, 0.2) is 0 Å². The van der Waals surface area contributed by atoms with Gasteiger partial charge in [0.1, 0.15) is 0 Å². The van der Waals surface area contributed by atoms with Gasteiger partial charge >= 0.3 is 0 Å². The Morgan fingerprint density at radius 1 is 1.00 bits per heavy atom. The molecule has 1 aromatic carbocycles. The van der Waals surface area contributed by atoms with Crippen molar-refractivity contribution in [2.75, 3.05) is 13.1 Å². The van der Waals surface area contributed by atoms with Crippen LogP contribution in [0.1, 0.15) is 37.0 Å². The minimum absolute atomic E-state index is 0.0298. The van der Waals surface area contributed by atoms with Crippen molar-refractivity contribution in [3.05, 3.63) is 44.0 Å². The van der Waals surface area contributed by atoms with E-state index in [-0.39, 0.29) is 5.56 Å². The lowest BCUT2D eigenvalue weighted by molar-refractivity contribution is -0.394. The van der Waals surface area contributed by atoms with Crippen LogP contribution in [-0.4, -0.2) is 33.7 Å². The maximum atomic E-state index is 12.4. The Bertz CT molecular complexity index is 520. The summed E-state index contributed by atoms with van der Waals surface area (Å²) in [6.45, 7) is 4.82. The van der Waals surface area contributed by atoms with Crippen LogP contribution in [0.25, 0.3) is 0 Å². The minimum atomic E-state index is -0.742. The predicted octanol–water partition coefficient (Wildman–Crippen LogP) is 2.77. The Hall–Kier alpha value is -2.51. The van der Waals surface area contributed by atoms with Crippen LogP contribution in [0.15, 0.2) is 18.2 Å². The van der Waals surface area contributed by atoms with Crippen LogP contribution in [0.2, 0.25) is 0 Å². The van der Waals surface area contributed by atoms with Crippen molar-refractivity contribution in [2.45, 2.75) is 26.7 Å². The quantitative estimate of drug-likeness (QED) is 0.567. The number of carbonyl (C=O) groups is 1. The van der Waals surface area contributed by atoms with E-state index in [1.807, 2.05) is 13.8 Å². The second-order valence-corrected chi connectivity index (χ2v) is 4.54. The van der Waals surface area contributed by atoms with E-state index in [4.69, 9.17) is 0 Å². The fourth-order valence-electron chi connectivity index (χ4n) is 1.97. The van der Waals surface area contributed by atoms with Crippen LogP contribution >= 0.6 is 0 Å². The lowest BCUT2D eigenvalue weighted by Crippen LogP contribution is -2.32. The number of carbonyl (C=O) groups excluding carboxylic acids is 1. The first-order chi connectivity index (χ1) is 9.90. The Labute approximate surface area is 121 Å². The normalized spacial score (nSPS) is 10.2. The first-order valence-electron chi connectivity index (χ1n) is 6.63. The number of hydrogen-bond acceptors (Lipinski definition) is 5. The summed E-state index contributed by atoms with van der Waals surface area (Å²) in [5.41, 5.74) is -0.946. The maximum absolute atomic E-state index is 12.4. The topological polar surface area (TPSA) is 107 Å². The summed E-state index contributed by atoms with van der Waals surface area (Å²) >= 11 is 0. The number of benzene rings is 1. The van der Waals surface area contributed by atoms with Crippen LogP contribution in [0.4, 0.5) is 11.4 Å². The maximum Gasteiger partial charge on any atom is 0.277 e. The highest BCUT2D eigenvalue weighted by Crippen LogP contribution is 2.23. The van der Waals surface area contributed by atoms with Gasteiger partial charge in [0.05, 0.1) is 21.5 Å². The number of nitrogens with zero attached hydrogens (tertiary/aromatic N) is 3. The van der Waals surface area contributed by atoms with Gasteiger partial charge < -0.3 is 4.90 Å². The molecule has 8 nitrogen and oxygen atoms in total. The molecule has 0 unspecified atom stereocenters. The Balaban J connectivity index is 3.23. The monoisotopic (exact) mass is 295 g/mol. The van der Waals surface area contributed by atoms with Gasteiger partial charge in [-0.15, -0.1) is 0 Å². The second-order valence-electron chi connectivity index (χ2n) is 4.54. The van der Waals surface area contributed by atoms with E-state index in [9.17, 15) is 25.0 Å². The molecule has 0 aliphatic rings. The molecule has 1 rings (SSSR count). The molecule has 8 heteroatoms. The molecule has 0 heterocycles. The molecule has 0 bridgehead atoms. The molecule has 0 aliphatic carbocycles. The molecule has 21 heavy (non-hydrogen) atoms. The molecular weight excluding hydrogens is 278 g/mol. The lowest BCUT2D eigenvalue weighted by Gasteiger charge is -2.21. The van der Waals surface area contributed by atoms with Gasteiger partial charge in [0.2, 0.25) is 0 Å². The molecule has 0 atom stereocenters. The molecule has 114 valence electrons. The van der Waals surface area contributed by atoms with E-state index >= 15 is 0 Å². The van der Waals surface area contributed by atoms with E-state index in [2.05, 4.69) is 0 Å². The smallest absolute Gasteiger partial charge is 0.277 e. The molecule has 0 aliphatic heterocycles. The van der Waals surface area contributed by atoms with E-state index < -0.39 is 27.1 Å². The summed E-state index contributed by atoms with van der Waals surface area (Å²) in [5.74, 6) is -0.425. The largest absolute Gasteiger partial charge is 0.339 e. The van der Waals surface area contributed by atoms with Crippen molar-refractivity contribution < 1.29 is 14.6 Å². The third-order valence-corrected chi connectivity index (χ3v) is 2.85. The average Bonchev–Trinajstić information content (AvgIpc) is 2.45. The number of hydrogen-bond donors (Lipinski definition) is 0. The summed E-state index contributed by atoms with van der Waals surface area (Å²) in [7, 11) is 0. The summed E-state index contributed by atoms with van der Waals surface area (Å²) in [6.07, 6.45) is 1.48. The first-order valence-corrected chi connectivity index (χ1v) is 6.63. The first kappa shape index (κ1) is 16.5. The number of amides is 1. The SMILES string of the molecule is CCCN(CCC)C(=O)c1cc([N+](=O)[O-])cc([N+](=O)[O-])c1. The molecular formula is C13H17N3O5. The number of rotatable bonds is 7. The van der Waals surface area contributed by atoms with Crippen LogP contribution in [0.5, 0.6) is 0 Å². The molecule has 1 aromatic rings. The van der Waals surface area contributed by atoms with Gasteiger partial charge in [0.25, 0.3) is 17.3 Å². The minimum Gasteiger partial charge on any atom is -0.339 e. The highest BCUT2D eigenvalue weighted by atomic mass is 16.6. The van der Waals surface area contributed by atoms with Crippen molar-refractivity contribution in [2.24, 2.45) is 0 Å². The zero-order valence-corrected chi connectivity index (χ0v) is 11.9. The highest BCUT2D eigenvalue weighted by molar-refractivity contribution is 5.95. The van der Waals surface area contributed by atoms with Crippen molar-refractivity contribution in [1.29, 1.82) is 0 Å². The zero-order valence-electron chi connectivity index (χ0n) is 11.9. The van der Waals surface area contributed by atoms with Gasteiger partial charge in [0, 0.05) is 25.2 Å². The molecule has 0 radical (unpaired) electrons. The molecule has 0 spiro atoms. The number of nitro benzene ring substituents is 2. The van der Waals surface area contributed by atoms with Gasteiger partial charge in [-0.25, -0.2) is 0 Å². The zero-order chi connectivity index (χ0) is 16.0. The average molecular weight is 295 g/mol. The Morgan fingerprint density at radius 3 is 1.76 bits per heavy atom. The molecule has 0 aromatic heterocycles. The van der Waals surface area contributed by atoms with Crippen molar-refractivity contribution in [3.8, 4) is 0 Å². The summed E-state index contributed by atoms with van der Waals surface area (Å²) in [4.78, 5) is 34.1. The summed E-state index contributed by atoms with van der Waals surface area (Å²) < 4.78 is 0. The Kier molecular flexibility index (Phi) is 5.77. The summed E-state index contributed by atoms with van der Waals surface area (Å²) in [6, 6.07) is 3.00. The molecule has 0 saturated heterocycles. The molecule has 0 fully saturated rings. The summed E-state index contributed by atoms with van der Waals surface area (Å²) in [5, 5.41) is 21.7. The standard InChI is InChI=1S/C13H17N3O5/c1-3-5-14(6-4-2)13(17)10-7-11(15(18)19)9-12(8-10)16(20)21/h7-9H,3-6H2,1-2H3. The van der Waals surface area contributed by atoms with Crippen LogP contribution < -0.4 is 0 Å². The molecule has 1 amide bonds. The second kappa shape index (κ2) is 7.32. The lowest BCUT2D eigenvalue weighted by atomic mass is 10.1. The molecule has 0 saturated carbocycles. The van der Waals surface area contributed by atoms with Gasteiger partial charge in [-0.05, 0) is 12.8 Å². The van der Waals surface area contributed by atoms with Crippen molar-refractivity contribution in [1.82, 2.24) is 4.90 Å². The fourth-order valence-corrected chi connectivity index (χ4v) is 1.97. The highest BCUT2D eigenvalue weighted by Gasteiger charge is 2.22. The molecule has 0 N–H and O–H groups in total. The van der Waals surface area contributed by atoms with E-state index in [1.54, 1.807) is 4.90 Å². The van der Waals surface area contributed by atoms with Crippen molar-refractivity contribution in [3.63, 3.8) is 0 Å². The van der Waals surface area contributed by atoms with Crippen LogP contribution in [-0.2, 0) is 0 Å². The van der Waals surface area contributed by atoms with Gasteiger partial charge in [-0.2, -0.15) is 0 Å². The van der Waals surface area contributed by atoms with E-state index in [0.717, 1.165) is 31.0 Å². The van der Waals surface area contributed by atoms with E-state index in [1.165, 1.54) is 0 Å². The van der Waals surface area contributed by atoms with Crippen molar-refractivity contribution >= 4 is 17.3 Å². The van der Waals surface area contributed by atoms with Crippen LogP contribution in [0, 0.1) is 20.2 Å². The number of nitro groups is 2.